The van der Waals surface area contributed by atoms with Crippen LogP contribution in [0.15, 0.2) is 36.4 Å². The molecule has 0 spiro atoms. The van der Waals surface area contributed by atoms with Gasteiger partial charge in [-0.25, -0.2) is 0 Å². The van der Waals surface area contributed by atoms with E-state index in [4.69, 9.17) is 25.8 Å². The number of ether oxygens (including phenoxy) is 3. The Morgan fingerprint density at radius 2 is 1.84 bits per heavy atom. The van der Waals surface area contributed by atoms with E-state index in [2.05, 4.69) is 5.32 Å². The van der Waals surface area contributed by atoms with E-state index < -0.39 is 22.8 Å². The number of nitrogens with zero attached hydrogens (tertiary/aromatic N) is 1. The van der Waals surface area contributed by atoms with Crippen LogP contribution in [0.3, 0.4) is 0 Å². The summed E-state index contributed by atoms with van der Waals surface area (Å²) in [6.07, 6.45) is -0.672. The smallest absolute Gasteiger partial charge is 0.308 e. The highest BCUT2D eigenvalue weighted by molar-refractivity contribution is 6.32. The minimum Gasteiger partial charge on any atom is -0.493 e. The maximum atomic E-state index is 12.9. The van der Waals surface area contributed by atoms with Crippen LogP contribution in [-0.2, 0) is 9.53 Å². The van der Waals surface area contributed by atoms with Crippen molar-refractivity contribution < 1.29 is 28.7 Å². The molecule has 0 aliphatic carbocycles. The number of nitrogens with one attached hydrogen (secondary N) is 1. The topological polar surface area (TPSA) is 117 Å². The molecule has 1 unspecified atom stereocenters. The predicted octanol–water partition coefficient (Wildman–Crippen LogP) is 4.08. The normalized spacial score (nSPS) is 11.5. The van der Waals surface area contributed by atoms with Crippen LogP contribution in [0.2, 0.25) is 5.02 Å². The lowest BCUT2D eigenvalue weighted by Crippen LogP contribution is -2.31. The van der Waals surface area contributed by atoms with E-state index in [0.717, 1.165) is 0 Å². The zero-order valence-corrected chi connectivity index (χ0v) is 18.3. The zero-order chi connectivity index (χ0) is 23.1. The molecule has 2 aromatic rings. The molecular weight excluding hydrogens is 428 g/mol. The number of rotatable bonds is 9. The molecular formula is C21H23ClN2O7. The van der Waals surface area contributed by atoms with Crippen LogP contribution in [0.1, 0.15) is 42.2 Å². The van der Waals surface area contributed by atoms with E-state index in [9.17, 15) is 19.7 Å². The fraction of sp³-hybridized carbons (Fsp3) is 0.333. The summed E-state index contributed by atoms with van der Waals surface area (Å²) in [6, 6.07) is 7.66. The monoisotopic (exact) mass is 450 g/mol. The molecule has 1 atom stereocenters. The molecule has 166 valence electrons. The molecule has 31 heavy (non-hydrogen) atoms. The summed E-state index contributed by atoms with van der Waals surface area (Å²) in [7, 11) is 2.81. The first-order chi connectivity index (χ1) is 14.7. The lowest BCUT2D eigenvalue weighted by molar-refractivity contribution is -0.385. The summed E-state index contributed by atoms with van der Waals surface area (Å²) < 4.78 is 15.5. The third-order valence-electron chi connectivity index (χ3n) is 4.25. The van der Waals surface area contributed by atoms with Crippen molar-refractivity contribution >= 4 is 29.2 Å². The van der Waals surface area contributed by atoms with Gasteiger partial charge in [-0.1, -0.05) is 29.8 Å². The van der Waals surface area contributed by atoms with Crippen molar-refractivity contribution in [2.45, 2.75) is 32.4 Å². The molecule has 1 N–H and O–H groups in total. The Hall–Kier alpha value is -3.33. The first-order valence-corrected chi connectivity index (χ1v) is 9.70. The number of carbonyl (C=O) groups excluding carboxylic acids is 2. The second-order valence-corrected chi connectivity index (χ2v) is 7.19. The summed E-state index contributed by atoms with van der Waals surface area (Å²) >= 11 is 6.17. The molecule has 0 aromatic heterocycles. The van der Waals surface area contributed by atoms with Crippen molar-refractivity contribution in [2.24, 2.45) is 0 Å². The average Bonchev–Trinajstić information content (AvgIpc) is 2.71. The predicted molar refractivity (Wildman–Crippen MR) is 114 cm³/mol. The van der Waals surface area contributed by atoms with Gasteiger partial charge in [-0.3, -0.25) is 19.7 Å². The molecule has 0 heterocycles. The number of esters is 1. The van der Waals surface area contributed by atoms with Gasteiger partial charge in [0.2, 0.25) is 0 Å². The van der Waals surface area contributed by atoms with Crippen LogP contribution in [0, 0.1) is 10.1 Å². The summed E-state index contributed by atoms with van der Waals surface area (Å²) in [5, 5.41) is 14.3. The first-order valence-electron chi connectivity index (χ1n) is 9.33. The Labute approximate surface area is 184 Å². The van der Waals surface area contributed by atoms with Gasteiger partial charge in [0.15, 0.2) is 11.5 Å². The second kappa shape index (κ2) is 10.6. The van der Waals surface area contributed by atoms with E-state index in [1.165, 1.54) is 44.6 Å². The molecule has 0 bridgehead atoms. The SMILES string of the molecule is COc1cc(C(=O)NC(CC(=O)OC(C)C)c2ccccc2[N+](=O)[O-])cc(Cl)c1OC. The standard InChI is InChI=1S/C21H23ClN2O7/c1-12(2)31-19(25)11-16(14-7-5-6-8-17(14)24(27)28)23-21(26)13-9-15(22)20(30-4)18(10-13)29-3/h5-10,12,16H,11H2,1-4H3,(H,23,26). The fourth-order valence-electron chi connectivity index (χ4n) is 2.96. The Bertz CT molecular complexity index is 978. The lowest BCUT2D eigenvalue weighted by Gasteiger charge is -2.20. The van der Waals surface area contributed by atoms with Crippen LogP contribution in [0.5, 0.6) is 11.5 Å². The van der Waals surface area contributed by atoms with Crippen molar-refractivity contribution in [1.82, 2.24) is 5.32 Å². The third kappa shape index (κ3) is 6.08. The highest BCUT2D eigenvalue weighted by atomic mass is 35.5. The molecule has 10 heteroatoms. The Morgan fingerprint density at radius 3 is 2.42 bits per heavy atom. The molecule has 0 aliphatic heterocycles. The number of nitro groups is 1. The molecule has 0 saturated heterocycles. The third-order valence-corrected chi connectivity index (χ3v) is 4.53. The van der Waals surface area contributed by atoms with Gasteiger partial charge in [0.05, 0.1) is 48.3 Å². The number of hydrogen-bond donors (Lipinski definition) is 1. The van der Waals surface area contributed by atoms with Gasteiger partial charge in [-0.2, -0.15) is 0 Å². The molecule has 0 saturated carbocycles. The summed E-state index contributed by atoms with van der Waals surface area (Å²) in [5.41, 5.74) is 0.0760. The van der Waals surface area contributed by atoms with Gasteiger partial charge in [-0.15, -0.1) is 0 Å². The highest BCUT2D eigenvalue weighted by Crippen LogP contribution is 2.36. The van der Waals surface area contributed by atoms with Gasteiger partial charge >= 0.3 is 5.97 Å². The van der Waals surface area contributed by atoms with Crippen molar-refractivity contribution in [2.75, 3.05) is 14.2 Å². The number of methoxy groups -OCH3 is 2. The minimum atomic E-state index is -1.01. The zero-order valence-electron chi connectivity index (χ0n) is 17.5. The Balaban J connectivity index is 2.42. The molecule has 0 radical (unpaired) electrons. The van der Waals surface area contributed by atoms with Crippen LogP contribution < -0.4 is 14.8 Å². The molecule has 0 fully saturated rings. The number of amides is 1. The molecule has 2 rings (SSSR count). The van der Waals surface area contributed by atoms with E-state index >= 15 is 0 Å². The summed E-state index contributed by atoms with van der Waals surface area (Å²) in [6.45, 7) is 3.37. The average molecular weight is 451 g/mol. The molecule has 9 nitrogen and oxygen atoms in total. The number of para-hydroxylation sites is 1. The van der Waals surface area contributed by atoms with Crippen molar-refractivity contribution in [3.8, 4) is 11.5 Å². The number of halogens is 1. The Morgan fingerprint density at radius 1 is 1.16 bits per heavy atom. The van der Waals surface area contributed by atoms with E-state index in [-0.39, 0.29) is 45.9 Å². The molecule has 1 amide bonds. The minimum absolute atomic E-state index is 0.128. The number of nitro benzene ring substituents is 1. The molecule has 2 aromatic carbocycles. The van der Waals surface area contributed by atoms with Gasteiger partial charge < -0.3 is 19.5 Å². The van der Waals surface area contributed by atoms with Gasteiger partial charge in [0.1, 0.15) is 0 Å². The summed E-state index contributed by atoms with van der Waals surface area (Å²) in [4.78, 5) is 36.1. The van der Waals surface area contributed by atoms with Crippen molar-refractivity contribution in [3.05, 3.63) is 62.7 Å². The largest absolute Gasteiger partial charge is 0.493 e. The maximum Gasteiger partial charge on any atom is 0.308 e. The quantitative estimate of drug-likeness (QED) is 0.347. The van der Waals surface area contributed by atoms with E-state index in [1.807, 2.05) is 0 Å². The fourth-order valence-corrected chi connectivity index (χ4v) is 3.24. The highest BCUT2D eigenvalue weighted by Gasteiger charge is 2.27. The van der Waals surface area contributed by atoms with Crippen LogP contribution >= 0.6 is 11.6 Å². The van der Waals surface area contributed by atoms with Crippen LogP contribution in [0.25, 0.3) is 0 Å². The summed E-state index contributed by atoms with van der Waals surface area (Å²) in [5.74, 6) is -0.717. The van der Waals surface area contributed by atoms with Crippen molar-refractivity contribution in [1.29, 1.82) is 0 Å². The van der Waals surface area contributed by atoms with Crippen LogP contribution in [0.4, 0.5) is 5.69 Å². The number of carbonyl (C=O) groups is 2. The van der Waals surface area contributed by atoms with Gasteiger partial charge in [0, 0.05) is 11.6 Å². The maximum absolute atomic E-state index is 12.9. The number of benzene rings is 2. The first kappa shape index (κ1) is 23.9. The van der Waals surface area contributed by atoms with Gasteiger partial charge in [-0.05, 0) is 26.0 Å². The number of hydrogen-bond acceptors (Lipinski definition) is 7. The van der Waals surface area contributed by atoms with Crippen molar-refractivity contribution in [3.63, 3.8) is 0 Å². The van der Waals surface area contributed by atoms with Gasteiger partial charge in [0.25, 0.3) is 11.6 Å². The Kier molecular flexibility index (Phi) is 8.21. The van der Waals surface area contributed by atoms with E-state index in [0.29, 0.717) is 0 Å². The lowest BCUT2D eigenvalue weighted by atomic mass is 10.0. The molecule has 0 aliphatic rings. The second-order valence-electron chi connectivity index (χ2n) is 6.78. The van der Waals surface area contributed by atoms with Crippen LogP contribution in [-0.4, -0.2) is 37.1 Å². The van der Waals surface area contributed by atoms with E-state index in [1.54, 1.807) is 19.9 Å².